The van der Waals surface area contributed by atoms with Crippen molar-refractivity contribution in [2.24, 2.45) is 0 Å². The number of carboxylic acid groups (broad SMARTS) is 1. The van der Waals surface area contributed by atoms with Crippen molar-refractivity contribution in [3.8, 4) is 0 Å². The highest BCUT2D eigenvalue weighted by atomic mass is 19.3. The molecule has 0 aromatic carbocycles. The van der Waals surface area contributed by atoms with Gasteiger partial charge in [0.15, 0.2) is 0 Å². The van der Waals surface area contributed by atoms with Gasteiger partial charge in [-0.05, 0) is 12.5 Å². The number of amides is 2. The second kappa shape index (κ2) is 3.66. The summed E-state index contributed by atoms with van der Waals surface area (Å²) >= 11 is 0. The minimum absolute atomic E-state index is 0.233. The lowest BCUT2D eigenvalue weighted by Crippen LogP contribution is -2.44. The number of fused-ring (bicyclic) bond motifs is 2. The topological polar surface area (TPSA) is 70.1 Å². The van der Waals surface area contributed by atoms with Gasteiger partial charge in [0.2, 0.25) is 0 Å². The second-order valence-electron chi connectivity index (χ2n) is 3.89. The van der Waals surface area contributed by atoms with E-state index in [1.165, 1.54) is 4.90 Å². The van der Waals surface area contributed by atoms with Gasteiger partial charge in [0, 0.05) is 13.1 Å². The number of rotatable bonds is 3. The molecule has 17 heavy (non-hydrogen) atoms. The van der Waals surface area contributed by atoms with Crippen molar-refractivity contribution in [2.45, 2.75) is 19.1 Å². The van der Waals surface area contributed by atoms with Crippen molar-refractivity contribution in [1.82, 2.24) is 9.96 Å². The third kappa shape index (κ3) is 1.84. The standard InChI is InChI=1S/C9H10F2N2O4/c1-5-2-3-12-4-6(5)13(8(12)16)17-9(10,11)7(14)15/h2,6H,3-4H2,1H3,(H,14,15). The summed E-state index contributed by atoms with van der Waals surface area (Å²) in [4.78, 5) is 27.2. The van der Waals surface area contributed by atoms with Gasteiger partial charge < -0.3 is 10.0 Å². The van der Waals surface area contributed by atoms with E-state index in [9.17, 15) is 18.4 Å². The summed E-state index contributed by atoms with van der Waals surface area (Å²) in [5, 5.41) is 8.69. The molecule has 0 saturated carbocycles. The molecule has 1 N–H and O–H groups in total. The summed E-state index contributed by atoms with van der Waals surface area (Å²) in [7, 11) is 0. The molecule has 94 valence electrons. The van der Waals surface area contributed by atoms with Gasteiger partial charge in [-0.1, -0.05) is 6.08 Å². The Bertz CT molecular complexity index is 410. The molecule has 6 nitrogen and oxygen atoms in total. The first-order chi connectivity index (χ1) is 7.83. The van der Waals surface area contributed by atoms with E-state index in [1.807, 2.05) is 0 Å². The monoisotopic (exact) mass is 248 g/mol. The molecule has 2 rings (SSSR count). The maximum absolute atomic E-state index is 12.9. The van der Waals surface area contributed by atoms with E-state index < -0.39 is 24.2 Å². The van der Waals surface area contributed by atoms with Crippen LogP contribution in [0, 0.1) is 0 Å². The largest absolute Gasteiger partial charge is 0.476 e. The van der Waals surface area contributed by atoms with Crippen LogP contribution in [0.25, 0.3) is 0 Å². The molecule has 2 aliphatic rings. The molecule has 0 aromatic heterocycles. The van der Waals surface area contributed by atoms with E-state index in [2.05, 4.69) is 4.84 Å². The number of hydroxylamine groups is 2. The molecule has 2 aliphatic heterocycles. The molecule has 1 saturated heterocycles. The first kappa shape index (κ1) is 11.8. The predicted molar refractivity (Wildman–Crippen MR) is 50.0 cm³/mol. The fraction of sp³-hybridized carbons (Fsp3) is 0.556. The van der Waals surface area contributed by atoms with Gasteiger partial charge in [-0.15, -0.1) is 0 Å². The Morgan fingerprint density at radius 3 is 2.88 bits per heavy atom. The Hall–Kier alpha value is -1.70. The van der Waals surface area contributed by atoms with E-state index in [4.69, 9.17) is 5.11 Å². The third-order valence-electron chi connectivity index (χ3n) is 2.76. The number of aliphatic carboxylic acids is 1. The van der Waals surface area contributed by atoms with Crippen molar-refractivity contribution in [2.75, 3.05) is 13.1 Å². The highest BCUT2D eigenvalue weighted by molar-refractivity contribution is 5.78. The van der Waals surface area contributed by atoms with Crippen LogP contribution in [0.3, 0.4) is 0 Å². The maximum Gasteiger partial charge on any atom is 0.476 e. The Balaban J connectivity index is 2.19. The average molecular weight is 248 g/mol. The van der Waals surface area contributed by atoms with Crippen LogP contribution in [0.15, 0.2) is 11.6 Å². The zero-order valence-corrected chi connectivity index (χ0v) is 8.89. The Morgan fingerprint density at radius 1 is 1.65 bits per heavy atom. The van der Waals surface area contributed by atoms with Gasteiger partial charge in [0.05, 0.1) is 0 Å². The lowest BCUT2D eigenvalue weighted by Gasteiger charge is -2.24. The van der Waals surface area contributed by atoms with E-state index in [0.717, 1.165) is 0 Å². The van der Waals surface area contributed by atoms with Crippen molar-refractivity contribution in [3.05, 3.63) is 11.6 Å². The van der Waals surface area contributed by atoms with Crippen LogP contribution in [0.4, 0.5) is 13.6 Å². The summed E-state index contributed by atoms with van der Waals surface area (Å²) in [6, 6.07) is -1.40. The van der Waals surface area contributed by atoms with E-state index >= 15 is 0 Å². The first-order valence-corrected chi connectivity index (χ1v) is 4.88. The van der Waals surface area contributed by atoms with E-state index in [-0.39, 0.29) is 6.54 Å². The average Bonchev–Trinajstić information content (AvgIpc) is 2.49. The van der Waals surface area contributed by atoms with Crippen molar-refractivity contribution >= 4 is 12.0 Å². The van der Waals surface area contributed by atoms with E-state index in [0.29, 0.717) is 17.2 Å². The number of nitrogens with zero attached hydrogens (tertiary/aromatic N) is 2. The molecular weight excluding hydrogens is 238 g/mol. The number of halogens is 2. The zero-order valence-electron chi connectivity index (χ0n) is 8.89. The molecule has 1 fully saturated rings. The number of hydrogen-bond acceptors (Lipinski definition) is 3. The highest BCUT2D eigenvalue weighted by Gasteiger charge is 2.50. The molecule has 2 amide bonds. The number of alkyl halides is 2. The van der Waals surface area contributed by atoms with Gasteiger partial charge in [0.1, 0.15) is 6.04 Å². The molecule has 2 heterocycles. The Labute approximate surface area is 95.0 Å². The Morgan fingerprint density at radius 2 is 2.29 bits per heavy atom. The SMILES string of the molecule is CC1=CCN2CC1N(OC(F)(F)C(=O)O)C2=O. The molecular formula is C9H10F2N2O4. The highest BCUT2D eigenvalue weighted by Crippen LogP contribution is 2.30. The van der Waals surface area contributed by atoms with Crippen molar-refractivity contribution in [3.63, 3.8) is 0 Å². The van der Waals surface area contributed by atoms with Crippen LogP contribution in [0.1, 0.15) is 6.92 Å². The zero-order chi connectivity index (χ0) is 12.8. The van der Waals surface area contributed by atoms with Crippen LogP contribution in [0.2, 0.25) is 0 Å². The van der Waals surface area contributed by atoms with Crippen LogP contribution < -0.4 is 0 Å². The summed E-state index contributed by atoms with van der Waals surface area (Å²) in [6.07, 6.45) is -2.69. The fourth-order valence-corrected chi connectivity index (χ4v) is 1.77. The van der Waals surface area contributed by atoms with Crippen molar-refractivity contribution < 1.29 is 28.3 Å². The normalized spacial score (nSPS) is 24.1. The fourth-order valence-electron chi connectivity index (χ4n) is 1.77. The Kier molecular flexibility index (Phi) is 2.53. The number of hydrogen-bond donors (Lipinski definition) is 1. The lowest BCUT2D eigenvalue weighted by molar-refractivity contribution is -0.324. The van der Waals surface area contributed by atoms with Gasteiger partial charge in [-0.3, -0.25) is 0 Å². The summed E-state index contributed by atoms with van der Waals surface area (Å²) in [5.74, 6) is -2.43. The smallest absolute Gasteiger partial charge is 0.475 e. The quantitative estimate of drug-likeness (QED) is 0.745. The summed E-state index contributed by atoms with van der Waals surface area (Å²) in [6.45, 7) is 2.23. The van der Waals surface area contributed by atoms with Gasteiger partial charge in [-0.25, -0.2) is 9.59 Å². The molecule has 1 atom stereocenters. The first-order valence-electron chi connectivity index (χ1n) is 4.88. The van der Waals surface area contributed by atoms with Gasteiger partial charge in [-0.2, -0.15) is 18.7 Å². The molecule has 0 aliphatic carbocycles. The predicted octanol–water partition coefficient (Wildman–Crippen LogP) is 0.662. The molecule has 1 unspecified atom stereocenters. The number of carbonyl (C=O) groups excluding carboxylic acids is 1. The van der Waals surface area contributed by atoms with Gasteiger partial charge in [0.25, 0.3) is 0 Å². The lowest BCUT2D eigenvalue weighted by atomic mass is 10.1. The summed E-state index contributed by atoms with van der Waals surface area (Å²) in [5.41, 5.74) is 0.702. The number of carboxylic acids is 1. The van der Waals surface area contributed by atoms with Crippen LogP contribution >= 0.6 is 0 Å². The van der Waals surface area contributed by atoms with Crippen LogP contribution in [-0.4, -0.2) is 52.3 Å². The summed E-state index contributed by atoms with van der Waals surface area (Å²) < 4.78 is 25.8. The molecule has 2 bridgehead atoms. The van der Waals surface area contributed by atoms with Crippen LogP contribution in [-0.2, 0) is 9.63 Å². The third-order valence-corrected chi connectivity index (χ3v) is 2.76. The van der Waals surface area contributed by atoms with Crippen molar-refractivity contribution in [1.29, 1.82) is 0 Å². The molecule has 0 aromatic rings. The number of urea groups is 1. The molecule has 0 spiro atoms. The maximum atomic E-state index is 12.9. The van der Waals surface area contributed by atoms with Gasteiger partial charge >= 0.3 is 18.1 Å². The second-order valence-corrected chi connectivity index (χ2v) is 3.89. The molecule has 0 radical (unpaired) electrons. The van der Waals surface area contributed by atoms with Crippen LogP contribution in [0.5, 0.6) is 0 Å². The number of carbonyl (C=O) groups is 2. The molecule has 8 heteroatoms. The van der Waals surface area contributed by atoms with E-state index in [1.54, 1.807) is 13.0 Å². The minimum Gasteiger partial charge on any atom is -0.475 e. The minimum atomic E-state index is -4.41.